The van der Waals surface area contributed by atoms with Crippen LogP contribution in [0.25, 0.3) is 5.69 Å². The van der Waals surface area contributed by atoms with Crippen molar-refractivity contribution in [3.05, 3.63) is 46.7 Å². The molecule has 3 saturated carbocycles. The number of fused-ring (bicyclic) bond motifs is 6. The summed E-state index contributed by atoms with van der Waals surface area (Å²) in [6, 6.07) is 8.07. The first-order valence-corrected chi connectivity index (χ1v) is 12.3. The summed E-state index contributed by atoms with van der Waals surface area (Å²) in [6.07, 6.45) is 11.8. The molecule has 4 aliphatic rings. The Hall–Kier alpha value is -1.32. The topological polar surface area (TPSA) is 38.0 Å². The summed E-state index contributed by atoms with van der Waals surface area (Å²) >= 11 is 6.10. The van der Waals surface area contributed by atoms with Gasteiger partial charge in [-0.1, -0.05) is 25.4 Å². The minimum atomic E-state index is -0.0791. The van der Waals surface area contributed by atoms with Gasteiger partial charge in [0.25, 0.3) is 0 Å². The van der Waals surface area contributed by atoms with Crippen molar-refractivity contribution in [3.63, 3.8) is 0 Å². The van der Waals surface area contributed by atoms with E-state index in [1.807, 2.05) is 12.1 Å². The molecule has 0 bridgehead atoms. The van der Waals surface area contributed by atoms with Gasteiger partial charge in [-0.25, -0.2) is 4.68 Å². The summed E-state index contributed by atoms with van der Waals surface area (Å²) in [5, 5.41) is 16.3. The second-order valence-electron chi connectivity index (χ2n) is 11.2. The summed E-state index contributed by atoms with van der Waals surface area (Å²) in [5.41, 5.74) is 4.52. The Morgan fingerprint density at radius 2 is 1.77 bits per heavy atom. The van der Waals surface area contributed by atoms with Crippen LogP contribution < -0.4 is 0 Å². The molecule has 6 rings (SSSR count). The zero-order valence-corrected chi connectivity index (χ0v) is 18.9. The van der Waals surface area contributed by atoms with Crippen LogP contribution in [0.2, 0.25) is 5.02 Å². The highest BCUT2D eigenvalue weighted by atomic mass is 35.5. The van der Waals surface area contributed by atoms with Crippen LogP contribution in [0.4, 0.5) is 0 Å². The fourth-order valence-corrected chi connectivity index (χ4v) is 8.47. The third kappa shape index (κ3) is 2.57. The monoisotopic (exact) mass is 424 g/mol. The van der Waals surface area contributed by atoms with E-state index >= 15 is 0 Å². The molecular weight excluding hydrogens is 392 g/mol. The molecular formula is C26H33ClN2O. The smallest absolute Gasteiger partial charge is 0.0649 e. The van der Waals surface area contributed by atoms with Crippen molar-refractivity contribution in [2.75, 3.05) is 0 Å². The maximum atomic E-state index is 10.7. The molecule has 0 amide bonds. The van der Waals surface area contributed by atoms with Crippen LogP contribution >= 0.6 is 11.6 Å². The lowest BCUT2D eigenvalue weighted by molar-refractivity contribution is -0.111. The molecule has 0 spiro atoms. The molecule has 0 saturated heterocycles. The highest BCUT2D eigenvalue weighted by Crippen LogP contribution is 2.65. The first-order valence-electron chi connectivity index (χ1n) is 11.9. The molecule has 30 heavy (non-hydrogen) atoms. The first-order chi connectivity index (χ1) is 14.4. The van der Waals surface area contributed by atoms with Gasteiger partial charge in [0.2, 0.25) is 0 Å². The predicted molar refractivity (Wildman–Crippen MR) is 120 cm³/mol. The van der Waals surface area contributed by atoms with E-state index in [-0.39, 0.29) is 11.5 Å². The molecule has 160 valence electrons. The van der Waals surface area contributed by atoms with Crippen molar-refractivity contribution in [2.45, 2.75) is 71.3 Å². The molecule has 1 aromatic carbocycles. The largest absolute Gasteiger partial charge is 0.393 e. The molecule has 7 atom stereocenters. The Morgan fingerprint density at radius 3 is 2.57 bits per heavy atom. The average Bonchev–Trinajstić information content (AvgIpc) is 3.27. The van der Waals surface area contributed by atoms with Gasteiger partial charge in [-0.2, -0.15) is 5.10 Å². The van der Waals surface area contributed by atoms with Crippen molar-refractivity contribution in [2.24, 2.45) is 34.5 Å². The summed E-state index contributed by atoms with van der Waals surface area (Å²) in [5.74, 6) is 3.06. The van der Waals surface area contributed by atoms with Crippen LogP contribution in [0, 0.1) is 34.5 Å². The van der Waals surface area contributed by atoms with Gasteiger partial charge in [-0.05, 0) is 116 Å². The first kappa shape index (κ1) is 19.4. The van der Waals surface area contributed by atoms with Crippen LogP contribution in [-0.2, 0) is 12.8 Å². The molecule has 3 nitrogen and oxygen atoms in total. The van der Waals surface area contributed by atoms with Gasteiger partial charge in [-0.3, -0.25) is 0 Å². The standard InChI is InChI=1S/C26H33ClN2O/c1-25-12-11-22-20(21(25)9-10-24(25)30)8-3-17-13-23-16(14-26(17,22)2)15-28-29(23)19-6-4-18(27)5-7-19/h4-7,15,17,20-22,24,30H,3,8-14H2,1-2H3/t17-,20-,21-,22-,24-,25-,26-/m0/s1. The highest BCUT2D eigenvalue weighted by Gasteiger charge is 2.60. The van der Waals surface area contributed by atoms with Crippen molar-refractivity contribution >= 4 is 11.6 Å². The van der Waals surface area contributed by atoms with E-state index in [1.54, 1.807) is 0 Å². The highest BCUT2D eigenvalue weighted by molar-refractivity contribution is 6.30. The quantitative estimate of drug-likeness (QED) is 0.624. The van der Waals surface area contributed by atoms with Crippen LogP contribution in [-0.4, -0.2) is 21.0 Å². The molecule has 0 radical (unpaired) electrons. The van der Waals surface area contributed by atoms with E-state index in [2.05, 4.69) is 36.9 Å². The van der Waals surface area contributed by atoms with Crippen LogP contribution in [0.5, 0.6) is 0 Å². The molecule has 2 aromatic rings. The third-order valence-corrected chi connectivity index (χ3v) is 10.3. The maximum absolute atomic E-state index is 10.7. The van der Waals surface area contributed by atoms with Crippen molar-refractivity contribution in [1.29, 1.82) is 0 Å². The summed E-state index contributed by atoms with van der Waals surface area (Å²) < 4.78 is 2.16. The Labute approximate surface area is 184 Å². The number of rotatable bonds is 1. The van der Waals surface area contributed by atoms with Gasteiger partial charge in [0.05, 0.1) is 18.0 Å². The van der Waals surface area contributed by atoms with Crippen molar-refractivity contribution < 1.29 is 5.11 Å². The number of hydrogen-bond donors (Lipinski definition) is 1. The lowest BCUT2D eigenvalue weighted by atomic mass is 9.45. The van der Waals surface area contributed by atoms with E-state index in [1.165, 1.54) is 43.4 Å². The molecule has 4 heteroatoms. The predicted octanol–water partition coefficient (Wildman–Crippen LogP) is 5.84. The zero-order chi connectivity index (χ0) is 20.7. The molecule has 4 aliphatic carbocycles. The van der Waals surface area contributed by atoms with Gasteiger partial charge in [0.15, 0.2) is 0 Å². The SMILES string of the molecule is C[C@]12Cc3cnn(-c4ccc(Cl)cc4)c3C[C@@H]1CC[C@@H]1[C@@H]2CC[C@]2(C)[C@@H](O)CC[C@@H]12. The van der Waals surface area contributed by atoms with E-state index in [0.717, 1.165) is 53.6 Å². The van der Waals surface area contributed by atoms with Crippen molar-refractivity contribution in [3.8, 4) is 5.69 Å². The molecule has 3 fully saturated rings. The zero-order valence-electron chi connectivity index (χ0n) is 18.1. The third-order valence-electron chi connectivity index (χ3n) is 10.1. The average molecular weight is 425 g/mol. The Kier molecular flexibility index (Phi) is 4.26. The molecule has 0 unspecified atom stereocenters. The molecule has 1 heterocycles. The summed E-state index contributed by atoms with van der Waals surface area (Å²) in [7, 11) is 0. The van der Waals surface area contributed by atoms with Crippen molar-refractivity contribution in [1.82, 2.24) is 9.78 Å². The van der Waals surface area contributed by atoms with Gasteiger partial charge < -0.3 is 5.11 Å². The number of hydrogen-bond acceptors (Lipinski definition) is 2. The molecule has 1 aromatic heterocycles. The Bertz CT molecular complexity index is 968. The summed E-state index contributed by atoms with van der Waals surface area (Å²) in [4.78, 5) is 0. The number of aromatic nitrogens is 2. The van der Waals surface area contributed by atoms with Crippen LogP contribution in [0.1, 0.15) is 63.6 Å². The molecule has 0 aliphatic heterocycles. The van der Waals surface area contributed by atoms with Gasteiger partial charge in [-0.15, -0.1) is 0 Å². The maximum Gasteiger partial charge on any atom is 0.0649 e. The second kappa shape index (κ2) is 6.59. The Morgan fingerprint density at radius 1 is 1.00 bits per heavy atom. The van der Waals surface area contributed by atoms with Gasteiger partial charge >= 0.3 is 0 Å². The fourth-order valence-electron chi connectivity index (χ4n) is 8.34. The van der Waals surface area contributed by atoms with Crippen LogP contribution in [0.15, 0.2) is 30.5 Å². The summed E-state index contributed by atoms with van der Waals surface area (Å²) in [6.45, 7) is 4.97. The number of aliphatic hydroxyl groups excluding tert-OH is 1. The van der Waals surface area contributed by atoms with Crippen LogP contribution in [0.3, 0.4) is 0 Å². The lowest BCUT2D eigenvalue weighted by Gasteiger charge is -2.60. The Balaban J connectivity index is 1.33. The van der Waals surface area contributed by atoms with E-state index < -0.39 is 0 Å². The lowest BCUT2D eigenvalue weighted by Crippen LogP contribution is -2.54. The van der Waals surface area contributed by atoms with E-state index in [0.29, 0.717) is 5.41 Å². The van der Waals surface area contributed by atoms with E-state index in [4.69, 9.17) is 16.7 Å². The molecule has 1 N–H and O–H groups in total. The second-order valence-corrected chi connectivity index (χ2v) is 11.6. The van der Waals surface area contributed by atoms with Gasteiger partial charge in [0.1, 0.15) is 0 Å². The number of aliphatic hydroxyl groups is 1. The normalized spacial score (nSPS) is 42.2. The number of halogens is 1. The number of nitrogens with zero attached hydrogens (tertiary/aromatic N) is 2. The number of benzene rings is 1. The van der Waals surface area contributed by atoms with Gasteiger partial charge in [0, 0.05) is 10.7 Å². The minimum absolute atomic E-state index is 0.0791. The fraction of sp³-hybridized carbons (Fsp3) is 0.654. The minimum Gasteiger partial charge on any atom is -0.393 e. The van der Waals surface area contributed by atoms with E-state index in [9.17, 15) is 5.11 Å².